The lowest BCUT2D eigenvalue weighted by Gasteiger charge is -2.34. The summed E-state index contributed by atoms with van der Waals surface area (Å²) in [5, 5.41) is 2.95. The zero-order valence-electron chi connectivity index (χ0n) is 15.9. The molecule has 0 bridgehead atoms. The SMILES string of the molecule is C[C@H](C(=O)Nc1ccc2c(c1)OCO2)N1CCC(C(=O)c2ccccc2)CC1. The monoisotopic (exact) mass is 380 g/mol. The Hall–Kier alpha value is -2.86. The number of benzene rings is 2. The summed E-state index contributed by atoms with van der Waals surface area (Å²) in [7, 11) is 0. The number of nitrogens with zero attached hydrogens (tertiary/aromatic N) is 1. The maximum Gasteiger partial charge on any atom is 0.241 e. The highest BCUT2D eigenvalue weighted by Crippen LogP contribution is 2.34. The fraction of sp³-hybridized carbons (Fsp3) is 0.364. The Kier molecular flexibility index (Phi) is 5.30. The van der Waals surface area contributed by atoms with E-state index in [1.54, 1.807) is 12.1 Å². The molecule has 2 aliphatic heterocycles. The van der Waals surface area contributed by atoms with Crippen LogP contribution in [0.1, 0.15) is 30.1 Å². The summed E-state index contributed by atoms with van der Waals surface area (Å²) in [6, 6.07) is 14.6. The maximum atomic E-state index is 12.7. The number of hydrogen-bond donors (Lipinski definition) is 1. The Labute approximate surface area is 164 Å². The summed E-state index contributed by atoms with van der Waals surface area (Å²) >= 11 is 0. The van der Waals surface area contributed by atoms with E-state index in [4.69, 9.17) is 9.47 Å². The van der Waals surface area contributed by atoms with Gasteiger partial charge in [-0.15, -0.1) is 0 Å². The van der Waals surface area contributed by atoms with Crippen molar-refractivity contribution in [3.8, 4) is 11.5 Å². The third kappa shape index (κ3) is 3.87. The lowest BCUT2D eigenvalue weighted by Crippen LogP contribution is -2.47. The molecule has 2 aromatic carbocycles. The van der Waals surface area contributed by atoms with E-state index < -0.39 is 0 Å². The maximum absolute atomic E-state index is 12.7. The van der Waals surface area contributed by atoms with Crippen LogP contribution < -0.4 is 14.8 Å². The highest BCUT2D eigenvalue weighted by Gasteiger charge is 2.30. The van der Waals surface area contributed by atoms with Crippen LogP contribution >= 0.6 is 0 Å². The van der Waals surface area contributed by atoms with Gasteiger partial charge in [-0.25, -0.2) is 0 Å². The van der Waals surface area contributed by atoms with Crippen molar-refractivity contribution in [2.24, 2.45) is 5.92 Å². The van der Waals surface area contributed by atoms with Gasteiger partial charge in [0.25, 0.3) is 0 Å². The first kappa shape index (κ1) is 18.5. The molecule has 1 atom stereocenters. The largest absolute Gasteiger partial charge is 0.454 e. The highest BCUT2D eigenvalue weighted by molar-refractivity contribution is 5.98. The Balaban J connectivity index is 1.31. The van der Waals surface area contributed by atoms with E-state index in [1.165, 1.54) is 0 Å². The number of ketones is 1. The second-order valence-electron chi connectivity index (χ2n) is 7.27. The number of ether oxygens (including phenoxy) is 2. The molecule has 0 aliphatic carbocycles. The molecular formula is C22H24N2O4. The number of anilines is 1. The topological polar surface area (TPSA) is 67.9 Å². The van der Waals surface area contributed by atoms with Gasteiger partial charge in [0.15, 0.2) is 17.3 Å². The van der Waals surface area contributed by atoms with Gasteiger partial charge in [0, 0.05) is 23.2 Å². The average molecular weight is 380 g/mol. The molecule has 2 heterocycles. The molecule has 6 nitrogen and oxygen atoms in total. The number of likely N-dealkylation sites (tertiary alicyclic amines) is 1. The first-order valence-electron chi connectivity index (χ1n) is 9.65. The minimum Gasteiger partial charge on any atom is -0.454 e. The van der Waals surface area contributed by atoms with Gasteiger partial charge in [0.05, 0.1) is 6.04 Å². The molecule has 1 saturated heterocycles. The van der Waals surface area contributed by atoms with Crippen molar-refractivity contribution in [2.75, 3.05) is 25.2 Å². The van der Waals surface area contributed by atoms with Crippen LogP contribution in [0.5, 0.6) is 11.5 Å². The number of carbonyl (C=O) groups is 2. The van der Waals surface area contributed by atoms with E-state index in [9.17, 15) is 9.59 Å². The minimum atomic E-state index is -0.266. The summed E-state index contributed by atoms with van der Waals surface area (Å²) in [6.45, 7) is 3.58. The molecule has 28 heavy (non-hydrogen) atoms. The number of piperidine rings is 1. The van der Waals surface area contributed by atoms with Crippen molar-refractivity contribution in [1.82, 2.24) is 4.90 Å². The Bertz CT molecular complexity index is 860. The van der Waals surface area contributed by atoms with Gasteiger partial charge in [-0.1, -0.05) is 30.3 Å². The fourth-order valence-corrected chi connectivity index (χ4v) is 3.77. The molecule has 0 unspecified atom stereocenters. The molecule has 6 heteroatoms. The fourth-order valence-electron chi connectivity index (χ4n) is 3.77. The predicted octanol–water partition coefficient (Wildman–Crippen LogP) is 3.34. The zero-order valence-corrected chi connectivity index (χ0v) is 15.9. The number of fused-ring (bicyclic) bond motifs is 1. The van der Waals surface area contributed by atoms with Crippen molar-refractivity contribution in [1.29, 1.82) is 0 Å². The Morgan fingerprint density at radius 3 is 2.50 bits per heavy atom. The molecule has 2 aromatic rings. The van der Waals surface area contributed by atoms with Crippen LogP contribution in [-0.4, -0.2) is 42.5 Å². The van der Waals surface area contributed by atoms with Crippen LogP contribution in [0.4, 0.5) is 5.69 Å². The molecule has 2 aliphatic rings. The molecule has 1 fully saturated rings. The summed E-state index contributed by atoms with van der Waals surface area (Å²) in [4.78, 5) is 27.4. The second-order valence-corrected chi connectivity index (χ2v) is 7.27. The van der Waals surface area contributed by atoms with Crippen LogP contribution in [0.2, 0.25) is 0 Å². The molecule has 1 N–H and O–H groups in total. The van der Waals surface area contributed by atoms with E-state index in [-0.39, 0.29) is 30.4 Å². The van der Waals surface area contributed by atoms with Crippen molar-refractivity contribution in [2.45, 2.75) is 25.8 Å². The van der Waals surface area contributed by atoms with E-state index in [0.717, 1.165) is 31.5 Å². The Morgan fingerprint density at radius 1 is 1.04 bits per heavy atom. The first-order valence-corrected chi connectivity index (χ1v) is 9.65. The van der Waals surface area contributed by atoms with Crippen LogP contribution in [0, 0.1) is 5.92 Å². The quantitative estimate of drug-likeness (QED) is 0.806. The molecular weight excluding hydrogens is 356 g/mol. The number of rotatable bonds is 5. The Morgan fingerprint density at radius 2 is 1.75 bits per heavy atom. The van der Waals surface area contributed by atoms with Crippen molar-refractivity contribution < 1.29 is 19.1 Å². The number of amides is 1. The van der Waals surface area contributed by atoms with Gasteiger partial charge >= 0.3 is 0 Å². The lowest BCUT2D eigenvalue weighted by molar-refractivity contribution is -0.121. The van der Waals surface area contributed by atoms with Gasteiger partial charge in [0.1, 0.15) is 0 Å². The van der Waals surface area contributed by atoms with Crippen molar-refractivity contribution in [3.63, 3.8) is 0 Å². The van der Waals surface area contributed by atoms with Crippen LogP contribution in [0.25, 0.3) is 0 Å². The normalized spacial score (nSPS) is 17.9. The number of hydrogen-bond acceptors (Lipinski definition) is 5. The van der Waals surface area contributed by atoms with Gasteiger partial charge in [0.2, 0.25) is 12.7 Å². The molecule has 4 rings (SSSR count). The van der Waals surface area contributed by atoms with Gasteiger partial charge in [-0.2, -0.15) is 0 Å². The number of Topliss-reactive ketones (excluding diaryl/α,β-unsaturated/α-hetero) is 1. The van der Waals surface area contributed by atoms with Crippen LogP contribution in [-0.2, 0) is 4.79 Å². The molecule has 0 radical (unpaired) electrons. The minimum absolute atomic E-state index is 0.0303. The molecule has 0 spiro atoms. The van der Waals surface area contributed by atoms with Crippen LogP contribution in [0.15, 0.2) is 48.5 Å². The predicted molar refractivity (Wildman–Crippen MR) is 106 cm³/mol. The second kappa shape index (κ2) is 8.02. The van der Waals surface area contributed by atoms with E-state index in [2.05, 4.69) is 10.2 Å². The summed E-state index contributed by atoms with van der Waals surface area (Å²) in [5.41, 5.74) is 1.46. The third-order valence-electron chi connectivity index (χ3n) is 5.53. The molecule has 0 aromatic heterocycles. The summed E-state index contributed by atoms with van der Waals surface area (Å²) < 4.78 is 10.6. The van der Waals surface area contributed by atoms with E-state index in [0.29, 0.717) is 17.2 Å². The molecule has 146 valence electrons. The average Bonchev–Trinajstić information content (AvgIpc) is 3.21. The lowest BCUT2D eigenvalue weighted by atomic mass is 9.88. The number of nitrogens with one attached hydrogen (secondary N) is 1. The van der Waals surface area contributed by atoms with Crippen molar-refractivity contribution in [3.05, 3.63) is 54.1 Å². The number of carbonyl (C=O) groups excluding carboxylic acids is 2. The standard InChI is InChI=1S/C22H24N2O4/c1-15(22(26)23-18-7-8-19-20(13-18)28-14-27-19)24-11-9-17(10-12-24)21(25)16-5-3-2-4-6-16/h2-8,13,15,17H,9-12,14H2,1H3,(H,23,26)/t15-/m1/s1. The van der Waals surface area contributed by atoms with Gasteiger partial charge in [-0.3, -0.25) is 14.5 Å². The smallest absolute Gasteiger partial charge is 0.241 e. The first-order chi connectivity index (χ1) is 13.6. The van der Waals surface area contributed by atoms with Crippen molar-refractivity contribution >= 4 is 17.4 Å². The third-order valence-corrected chi connectivity index (χ3v) is 5.53. The molecule has 1 amide bonds. The zero-order chi connectivity index (χ0) is 19.5. The summed E-state index contributed by atoms with van der Waals surface area (Å²) in [6.07, 6.45) is 1.55. The van der Waals surface area contributed by atoms with E-state index in [1.807, 2.05) is 43.3 Å². The van der Waals surface area contributed by atoms with E-state index >= 15 is 0 Å². The highest BCUT2D eigenvalue weighted by atomic mass is 16.7. The van der Waals surface area contributed by atoms with Crippen LogP contribution in [0.3, 0.4) is 0 Å². The molecule has 0 saturated carbocycles. The summed E-state index contributed by atoms with van der Waals surface area (Å²) in [5.74, 6) is 1.51. The van der Waals surface area contributed by atoms with Gasteiger partial charge in [-0.05, 0) is 45.0 Å². The van der Waals surface area contributed by atoms with Gasteiger partial charge < -0.3 is 14.8 Å².